The molecule has 2 amide bonds. The number of rotatable bonds is 6. The molecule has 1 aliphatic rings. The molecule has 6 nitrogen and oxygen atoms in total. The highest BCUT2D eigenvalue weighted by Crippen LogP contribution is 2.20. The Morgan fingerprint density at radius 3 is 2.50 bits per heavy atom. The molecule has 1 aliphatic heterocycles. The molecule has 0 bridgehead atoms. The second-order valence-electron chi connectivity index (χ2n) is 7.67. The minimum Gasteiger partial charge on any atom is -0.336 e. The van der Waals surface area contributed by atoms with Crippen LogP contribution < -0.4 is 5.32 Å². The molecule has 28 heavy (non-hydrogen) atoms. The van der Waals surface area contributed by atoms with Crippen molar-refractivity contribution in [3.63, 3.8) is 0 Å². The van der Waals surface area contributed by atoms with Gasteiger partial charge < -0.3 is 14.8 Å². The zero-order chi connectivity index (χ0) is 19.9. The van der Waals surface area contributed by atoms with Gasteiger partial charge in [-0.3, -0.25) is 4.90 Å². The predicted molar refractivity (Wildman–Crippen MR) is 113 cm³/mol. The number of nitrogens with one attached hydrogen (secondary N) is 1. The topological polar surface area (TPSA) is 53.4 Å². The van der Waals surface area contributed by atoms with Gasteiger partial charge in [-0.15, -0.1) is 0 Å². The van der Waals surface area contributed by atoms with Gasteiger partial charge in [0.25, 0.3) is 0 Å². The quantitative estimate of drug-likeness (QED) is 0.836. The number of amides is 2. The fraction of sp³-hybridized carbons (Fsp3) is 0.455. The van der Waals surface area contributed by atoms with E-state index in [-0.39, 0.29) is 18.0 Å². The van der Waals surface area contributed by atoms with Gasteiger partial charge in [-0.2, -0.15) is 0 Å². The first-order chi connectivity index (χ1) is 13.5. The Hall–Kier alpha value is -2.60. The summed E-state index contributed by atoms with van der Waals surface area (Å²) in [5.41, 5.74) is 1.22. The number of piperazine rings is 1. The lowest BCUT2D eigenvalue weighted by atomic mass is 10.0. The second kappa shape index (κ2) is 9.55. The zero-order valence-electron chi connectivity index (χ0n) is 17.1. The molecule has 2 aromatic rings. The average molecular weight is 382 g/mol. The number of benzene rings is 1. The van der Waals surface area contributed by atoms with Crippen LogP contribution >= 0.6 is 0 Å². The molecule has 1 aromatic carbocycles. The van der Waals surface area contributed by atoms with Gasteiger partial charge in [0, 0.05) is 52.2 Å². The Balaban J connectivity index is 1.48. The second-order valence-corrected chi connectivity index (χ2v) is 7.67. The number of carbonyl (C=O) groups is 1. The third kappa shape index (κ3) is 5.23. The van der Waals surface area contributed by atoms with Crippen molar-refractivity contribution in [2.24, 2.45) is 13.0 Å². The van der Waals surface area contributed by atoms with Crippen molar-refractivity contribution < 1.29 is 4.79 Å². The van der Waals surface area contributed by atoms with E-state index in [4.69, 9.17) is 0 Å². The molecule has 150 valence electrons. The number of hydrogen-bond acceptors (Lipinski definition) is 3. The molecule has 0 aliphatic carbocycles. The van der Waals surface area contributed by atoms with E-state index in [1.54, 1.807) is 6.20 Å². The number of urea groups is 1. The van der Waals surface area contributed by atoms with Crippen molar-refractivity contribution in [1.82, 2.24) is 24.7 Å². The van der Waals surface area contributed by atoms with Crippen LogP contribution in [0.15, 0.2) is 48.8 Å². The van der Waals surface area contributed by atoms with E-state index in [1.807, 2.05) is 40.9 Å². The van der Waals surface area contributed by atoms with Crippen molar-refractivity contribution in [3.05, 3.63) is 60.2 Å². The highest BCUT2D eigenvalue weighted by molar-refractivity contribution is 5.74. The molecule has 6 heteroatoms. The fourth-order valence-corrected chi connectivity index (χ4v) is 3.47. The number of imidazole rings is 1. The Morgan fingerprint density at radius 1 is 1.18 bits per heavy atom. The van der Waals surface area contributed by atoms with Crippen LogP contribution in [0.1, 0.15) is 31.3 Å². The summed E-state index contributed by atoms with van der Waals surface area (Å²) in [6, 6.07) is 10.2. The molecule has 1 atom stereocenters. The summed E-state index contributed by atoms with van der Waals surface area (Å²) in [5.74, 6) is 1.17. The summed E-state index contributed by atoms with van der Waals surface area (Å²) >= 11 is 0. The van der Waals surface area contributed by atoms with Crippen LogP contribution in [0, 0.1) is 5.92 Å². The molecular formula is C22H31N5O. The fourth-order valence-electron chi connectivity index (χ4n) is 3.47. The number of aromatic nitrogens is 2. The summed E-state index contributed by atoms with van der Waals surface area (Å²) in [4.78, 5) is 21.5. The number of nitrogens with zero attached hydrogens (tertiary/aromatic N) is 4. The molecule has 0 radical (unpaired) electrons. The first-order valence-electron chi connectivity index (χ1n) is 10.0. The van der Waals surface area contributed by atoms with Crippen LogP contribution in [0.25, 0.3) is 6.08 Å². The van der Waals surface area contributed by atoms with Crippen molar-refractivity contribution in [1.29, 1.82) is 0 Å². The van der Waals surface area contributed by atoms with Gasteiger partial charge in [0.1, 0.15) is 5.82 Å². The van der Waals surface area contributed by atoms with E-state index in [2.05, 4.69) is 53.3 Å². The van der Waals surface area contributed by atoms with Crippen LogP contribution in [0.2, 0.25) is 0 Å². The van der Waals surface area contributed by atoms with Crippen LogP contribution in [0.4, 0.5) is 4.79 Å². The maximum atomic E-state index is 12.8. The maximum Gasteiger partial charge on any atom is 0.318 e. The highest BCUT2D eigenvalue weighted by atomic mass is 16.2. The predicted octanol–water partition coefficient (Wildman–Crippen LogP) is 3.16. The van der Waals surface area contributed by atoms with Crippen molar-refractivity contribution in [2.75, 3.05) is 32.7 Å². The molecule has 1 unspecified atom stereocenters. The Bertz CT molecular complexity index is 775. The molecule has 3 rings (SSSR count). The van der Waals surface area contributed by atoms with Gasteiger partial charge in [0.15, 0.2) is 0 Å². The SMILES string of the molecule is CC(C)C(NC(=O)N1CCN(C/C=C/c2ccccc2)CC1)c1nccn1C. The summed E-state index contributed by atoms with van der Waals surface area (Å²) in [6.07, 6.45) is 8.04. The summed E-state index contributed by atoms with van der Waals surface area (Å²) in [5, 5.41) is 3.18. The van der Waals surface area contributed by atoms with Crippen molar-refractivity contribution in [2.45, 2.75) is 19.9 Å². The third-order valence-corrected chi connectivity index (χ3v) is 5.22. The van der Waals surface area contributed by atoms with Crippen LogP contribution in [-0.2, 0) is 7.05 Å². The molecular weight excluding hydrogens is 350 g/mol. The number of aryl methyl sites for hydroxylation is 1. The van der Waals surface area contributed by atoms with Crippen molar-refractivity contribution >= 4 is 12.1 Å². The largest absolute Gasteiger partial charge is 0.336 e. The molecule has 1 aromatic heterocycles. The van der Waals surface area contributed by atoms with E-state index in [1.165, 1.54) is 5.56 Å². The Labute approximate surface area is 167 Å². The van der Waals surface area contributed by atoms with Crippen LogP contribution in [-0.4, -0.2) is 58.1 Å². The number of hydrogen-bond donors (Lipinski definition) is 1. The summed E-state index contributed by atoms with van der Waals surface area (Å²) in [6.45, 7) is 8.40. The van der Waals surface area contributed by atoms with E-state index < -0.39 is 0 Å². The first kappa shape index (κ1) is 20.1. The van der Waals surface area contributed by atoms with Crippen molar-refractivity contribution in [3.8, 4) is 0 Å². The lowest BCUT2D eigenvalue weighted by Gasteiger charge is -2.35. The van der Waals surface area contributed by atoms with Gasteiger partial charge in [-0.05, 0) is 11.5 Å². The van der Waals surface area contributed by atoms with E-state index in [0.29, 0.717) is 0 Å². The summed E-state index contributed by atoms with van der Waals surface area (Å²) < 4.78 is 1.97. The van der Waals surface area contributed by atoms with Gasteiger partial charge in [0.05, 0.1) is 6.04 Å². The Morgan fingerprint density at radius 2 is 1.89 bits per heavy atom. The van der Waals surface area contributed by atoms with Gasteiger partial charge in [0.2, 0.25) is 0 Å². The molecule has 1 N–H and O–H groups in total. The smallest absolute Gasteiger partial charge is 0.318 e. The minimum absolute atomic E-state index is 0.00109. The monoisotopic (exact) mass is 381 g/mol. The molecule has 2 heterocycles. The minimum atomic E-state index is -0.0839. The highest BCUT2D eigenvalue weighted by Gasteiger charge is 2.26. The molecule has 1 saturated heterocycles. The first-order valence-corrected chi connectivity index (χ1v) is 10.0. The lowest BCUT2D eigenvalue weighted by molar-refractivity contribution is 0.142. The average Bonchev–Trinajstić information content (AvgIpc) is 3.12. The molecule has 0 spiro atoms. The third-order valence-electron chi connectivity index (χ3n) is 5.22. The van der Waals surface area contributed by atoms with Crippen LogP contribution in [0.3, 0.4) is 0 Å². The lowest BCUT2D eigenvalue weighted by Crippen LogP contribution is -2.52. The standard InChI is InChI=1S/C22H31N5O/c1-18(2)20(21-23-11-13-25(21)3)24-22(28)27-16-14-26(15-17-27)12-7-10-19-8-5-4-6-9-19/h4-11,13,18,20H,12,14-17H2,1-3H3,(H,24,28)/b10-7+. The molecule has 1 fully saturated rings. The number of carbonyl (C=O) groups excluding carboxylic acids is 1. The summed E-state index contributed by atoms with van der Waals surface area (Å²) in [7, 11) is 1.96. The van der Waals surface area contributed by atoms with E-state index >= 15 is 0 Å². The van der Waals surface area contributed by atoms with E-state index in [9.17, 15) is 4.79 Å². The van der Waals surface area contributed by atoms with Gasteiger partial charge >= 0.3 is 6.03 Å². The zero-order valence-corrected chi connectivity index (χ0v) is 17.1. The normalized spacial score (nSPS) is 16.6. The van der Waals surface area contributed by atoms with Gasteiger partial charge in [-0.1, -0.05) is 56.3 Å². The van der Waals surface area contributed by atoms with Gasteiger partial charge in [-0.25, -0.2) is 9.78 Å². The Kier molecular flexibility index (Phi) is 6.87. The molecule has 0 saturated carbocycles. The maximum absolute atomic E-state index is 12.8. The van der Waals surface area contributed by atoms with Crippen LogP contribution in [0.5, 0.6) is 0 Å². The van der Waals surface area contributed by atoms with E-state index in [0.717, 1.165) is 38.5 Å².